The van der Waals surface area contributed by atoms with Crippen LogP contribution in [0.1, 0.15) is 0 Å². The van der Waals surface area contributed by atoms with E-state index in [2.05, 4.69) is 185 Å². The highest BCUT2D eigenvalue weighted by Crippen LogP contribution is 2.51. The summed E-state index contributed by atoms with van der Waals surface area (Å²) in [5, 5.41) is 0. The van der Waals surface area contributed by atoms with E-state index < -0.39 is 0 Å². The molecule has 3 aliphatic heterocycles. The number of hydrogen-bond acceptors (Lipinski definition) is 5. The van der Waals surface area contributed by atoms with Crippen LogP contribution in [0.4, 0.5) is 51.2 Å². The largest absolute Gasteiger partial charge is 0.450 e. The fourth-order valence-corrected chi connectivity index (χ4v) is 8.39. The Morgan fingerprint density at radius 1 is 0.352 bits per heavy atom. The fraction of sp³-hybridized carbons (Fsp3) is 0. The van der Waals surface area contributed by atoms with E-state index in [0.29, 0.717) is 23.0 Å². The first kappa shape index (κ1) is 30.5. The van der Waals surface area contributed by atoms with Gasteiger partial charge in [0.15, 0.2) is 23.0 Å². The van der Waals surface area contributed by atoms with E-state index >= 15 is 0 Å². The fourth-order valence-electron chi connectivity index (χ4n) is 8.39. The molecule has 0 fully saturated rings. The summed E-state index contributed by atoms with van der Waals surface area (Å²) in [6, 6.07) is 68.5. The molecule has 0 unspecified atom stereocenters. The van der Waals surface area contributed by atoms with Crippen LogP contribution in [0, 0.1) is 0 Å². The van der Waals surface area contributed by atoms with Crippen LogP contribution in [0.15, 0.2) is 194 Å². The van der Waals surface area contributed by atoms with Gasteiger partial charge in [-0.05, 0) is 101 Å². The van der Waals surface area contributed by atoms with Crippen LogP contribution in [0.5, 0.6) is 23.0 Å². The maximum atomic E-state index is 6.58. The number of ether oxygens (including phenoxy) is 2. The molecule has 8 aromatic rings. The maximum Gasteiger partial charge on any atom is 0.252 e. The van der Waals surface area contributed by atoms with Crippen molar-refractivity contribution in [2.75, 3.05) is 14.7 Å². The molecule has 8 aromatic carbocycles. The zero-order valence-electron chi connectivity index (χ0n) is 29.2. The second-order valence-electron chi connectivity index (χ2n) is 13.7. The second-order valence-corrected chi connectivity index (χ2v) is 13.7. The van der Waals surface area contributed by atoms with Crippen molar-refractivity contribution in [3.8, 4) is 23.0 Å². The summed E-state index contributed by atoms with van der Waals surface area (Å²) >= 11 is 0. The van der Waals surface area contributed by atoms with Gasteiger partial charge in [-0.2, -0.15) is 0 Å². The number of benzene rings is 8. The van der Waals surface area contributed by atoms with Crippen LogP contribution in [0.3, 0.4) is 0 Å². The summed E-state index contributed by atoms with van der Waals surface area (Å²) in [6.07, 6.45) is 0. The third kappa shape index (κ3) is 4.74. The lowest BCUT2D eigenvalue weighted by Crippen LogP contribution is -2.61. The normalized spacial score (nSPS) is 13.0. The number of hydrogen-bond donors (Lipinski definition) is 0. The van der Waals surface area contributed by atoms with Crippen molar-refractivity contribution in [1.29, 1.82) is 0 Å². The monoisotopic (exact) mass is 693 g/mol. The minimum Gasteiger partial charge on any atom is -0.450 e. The molecule has 3 aliphatic rings. The van der Waals surface area contributed by atoms with Crippen molar-refractivity contribution in [3.05, 3.63) is 194 Å². The number of fused-ring (bicyclic) bond motifs is 6. The lowest BCUT2D eigenvalue weighted by Gasteiger charge is -2.45. The number of rotatable bonds is 5. The van der Waals surface area contributed by atoms with Crippen molar-refractivity contribution >= 4 is 74.3 Å². The molecule has 11 rings (SSSR count). The van der Waals surface area contributed by atoms with Gasteiger partial charge in [0.05, 0.1) is 5.69 Å². The Labute approximate surface area is 314 Å². The lowest BCUT2D eigenvalue weighted by atomic mass is 9.33. The molecule has 0 N–H and O–H groups in total. The van der Waals surface area contributed by atoms with Crippen molar-refractivity contribution in [2.45, 2.75) is 0 Å². The van der Waals surface area contributed by atoms with E-state index in [1.807, 2.05) is 24.3 Å². The summed E-state index contributed by atoms with van der Waals surface area (Å²) < 4.78 is 13.2. The van der Waals surface area contributed by atoms with E-state index in [4.69, 9.17) is 9.47 Å². The van der Waals surface area contributed by atoms with Crippen LogP contribution in [0.25, 0.3) is 0 Å². The molecule has 0 saturated heterocycles. The summed E-state index contributed by atoms with van der Waals surface area (Å²) in [5.74, 6) is 2.83. The van der Waals surface area contributed by atoms with Gasteiger partial charge in [0.25, 0.3) is 6.71 Å². The highest BCUT2D eigenvalue weighted by Gasteiger charge is 2.45. The third-order valence-electron chi connectivity index (χ3n) is 10.6. The molecular weight excluding hydrogens is 661 g/mol. The van der Waals surface area contributed by atoms with Gasteiger partial charge in [-0.15, -0.1) is 0 Å². The van der Waals surface area contributed by atoms with Crippen molar-refractivity contribution in [3.63, 3.8) is 0 Å². The second kappa shape index (κ2) is 12.2. The molecule has 0 amide bonds. The third-order valence-corrected chi connectivity index (χ3v) is 10.6. The molecule has 0 bridgehead atoms. The Morgan fingerprint density at radius 2 is 0.815 bits per heavy atom. The van der Waals surface area contributed by atoms with E-state index in [1.54, 1.807) is 0 Å². The Kier molecular flexibility index (Phi) is 6.89. The molecular formula is C48H32BN3O2. The first-order valence-corrected chi connectivity index (χ1v) is 18.3. The molecule has 0 spiro atoms. The van der Waals surface area contributed by atoms with Gasteiger partial charge >= 0.3 is 0 Å². The first-order valence-electron chi connectivity index (χ1n) is 18.3. The molecule has 0 saturated carbocycles. The number of para-hydroxylation sites is 7. The van der Waals surface area contributed by atoms with Crippen LogP contribution in [-0.4, -0.2) is 6.71 Å². The molecule has 54 heavy (non-hydrogen) atoms. The number of anilines is 9. The average Bonchev–Trinajstić information content (AvgIpc) is 3.23. The van der Waals surface area contributed by atoms with E-state index in [0.717, 1.165) is 56.6 Å². The zero-order valence-corrected chi connectivity index (χ0v) is 29.2. The molecule has 254 valence electrons. The zero-order chi connectivity index (χ0) is 35.6. The Balaban J connectivity index is 1.25. The quantitative estimate of drug-likeness (QED) is 0.167. The summed E-state index contributed by atoms with van der Waals surface area (Å²) in [4.78, 5) is 7.20. The highest BCUT2D eigenvalue weighted by molar-refractivity contribution is 7.00. The topological polar surface area (TPSA) is 28.2 Å². The summed E-state index contributed by atoms with van der Waals surface area (Å²) in [6.45, 7) is -0.0804. The minimum atomic E-state index is -0.0804. The van der Waals surface area contributed by atoms with Crippen molar-refractivity contribution in [1.82, 2.24) is 0 Å². The molecule has 0 radical (unpaired) electrons. The van der Waals surface area contributed by atoms with E-state index in [-0.39, 0.29) is 6.71 Å². The molecule has 0 aliphatic carbocycles. The predicted octanol–water partition coefficient (Wildman–Crippen LogP) is 11.1. The van der Waals surface area contributed by atoms with Gasteiger partial charge in [0, 0.05) is 51.6 Å². The average molecular weight is 694 g/mol. The Bertz CT molecular complexity index is 2650. The van der Waals surface area contributed by atoms with Crippen molar-refractivity contribution < 1.29 is 9.47 Å². The minimum absolute atomic E-state index is 0.0804. The van der Waals surface area contributed by atoms with Gasteiger partial charge in [-0.1, -0.05) is 103 Å². The molecule has 5 nitrogen and oxygen atoms in total. The summed E-state index contributed by atoms with van der Waals surface area (Å²) in [7, 11) is 0. The first-order chi connectivity index (χ1) is 26.8. The lowest BCUT2D eigenvalue weighted by molar-refractivity contribution is 0.360. The van der Waals surface area contributed by atoms with E-state index in [1.165, 1.54) is 10.9 Å². The van der Waals surface area contributed by atoms with Gasteiger partial charge in [-0.3, -0.25) is 0 Å². The standard InChI is InChI=1S/C48H32BN3O2/c1-5-17-33(18-6-1)50(34-19-7-2-8-20-34)37-29-42-48-43(30-37)52(36-23-11-4-12-24-36)41-32-47-46(53-44-27-15-16-28-45(44)54-47)31-39(41)49(48)38-25-13-14-26-40(38)51(42)35-21-9-3-10-22-35/h1-32H. The predicted molar refractivity (Wildman–Crippen MR) is 222 cm³/mol. The van der Waals surface area contributed by atoms with Crippen molar-refractivity contribution in [2.24, 2.45) is 0 Å². The Hall–Kier alpha value is -7.18. The van der Waals surface area contributed by atoms with Gasteiger partial charge in [0.1, 0.15) is 0 Å². The van der Waals surface area contributed by atoms with E-state index in [9.17, 15) is 0 Å². The smallest absolute Gasteiger partial charge is 0.252 e. The van der Waals surface area contributed by atoms with Gasteiger partial charge in [-0.25, -0.2) is 0 Å². The molecule has 0 aromatic heterocycles. The molecule has 6 heteroatoms. The van der Waals surface area contributed by atoms with Crippen LogP contribution >= 0.6 is 0 Å². The molecule has 0 atom stereocenters. The maximum absolute atomic E-state index is 6.58. The van der Waals surface area contributed by atoms with Gasteiger partial charge in [0.2, 0.25) is 0 Å². The highest BCUT2D eigenvalue weighted by atomic mass is 16.6. The van der Waals surface area contributed by atoms with Gasteiger partial charge < -0.3 is 24.2 Å². The number of nitrogens with zero attached hydrogens (tertiary/aromatic N) is 3. The SMILES string of the molecule is c1ccc(N(c2ccccc2)c2cc3c4c(c2)N(c2ccccc2)c2cc5c(cc2B4c2ccccc2N3c2ccccc2)Oc2ccccc2O5)cc1. The summed E-state index contributed by atoms with van der Waals surface area (Å²) in [5.41, 5.74) is 13.4. The van der Waals surface area contributed by atoms with Crippen LogP contribution in [-0.2, 0) is 0 Å². The Morgan fingerprint density at radius 3 is 1.39 bits per heavy atom. The van der Waals surface area contributed by atoms with Crippen LogP contribution < -0.4 is 40.6 Å². The molecule has 3 heterocycles. The van der Waals surface area contributed by atoms with Crippen LogP contribution in [0.2, 0.25) is 0 Å².